The van der Waals surface area contributed by atoms with E-state index in [0.717, 1.165) is 24.1 Å². The Balaban J connectivity index is 1.72. The largest absolute Gasteiger partial charge is 0.481 e. The summed E-state index contributed by atoms with van der Waals surface area (Å²) in [6.07, 6.45) is 1.56. The highest BCUT2D eigenvalue weighted by atomic mass is 32.2. The molecule has 7 heteroatoms. The van der Waals surface area contributed by atoms with E-state index in [4.69, 9.17) is 5.11 Å². The van der Waals surface area contributed by atoms with Crippen LogP contribution < -0.4 is 5.32 Å². The second-order valence-corrected chi connectivity index (χ2v) is 6.87. The van der Waals surface area contributed by atoms with E-state index < -0.39 is 5.97 Å². The molecule has 1 aromatic carbocycles. The van der Waals surface area contributed by atoms with E-state index in [0.29, 0.717) is 6.54 Å². The SMILES string of the molecule is Cc1ccc(NC(=O)CSCC(=O)N2CCCC2CC(=O)O)cc1. The third-order valence-corrected chi connectivity index (χ3v) is 4.82. The number of carbonyl (C=O) groups is 3. The van der Waals surface area contributed by atoms with E-state index in [2.05, 4.69) is 5.32 Å². The highest BCUT2D eigenvalue weighted by Crippen LogP contribution is 2.21. The summed E-state index contributed by atoms with van der Waals surface area (Å²) in [5.41, 5.74) is 1.85. The molecule has 0 bridgehead atoms. The molecular formula is C17H22N2O4S. The Morgan fingerprint density at radius 2 is 1.96 bits per heavy atom. The Hall–Kier alpha value is -2.02. The van der Waals surface area contributed by atoms with Crippen LogP contribution in [0, 0.1) is 6.92 Å². The number of likely N-dealkylation sites (tertiary alicyclic amines) is 1. The number of aryl methyl sites for hydroxylation is 1. The lowest BCUT2D eigenvalue weighted by Crippen LogP contribution is -2.38. The van der Waals surface area contributed by atoms with Crippen LogP contribution in [0.2, 0.25) is 0 Å². The van der Waals surface area contributed by atoms with Crippen molar-refractivity contribution in [3.05, 3.63) is 29.8 Å². The summed E-state index contributed by atoms with van der Waals surface area (Å²) >= 11 is 1.25. The average Bonchev–Trinajstić information content (AvgIpc) is 2.97. The van der Waals surface area contributed by atoms with Gasteiger partial charge >= 0.3 is 5.97 Å². The number of thioether (sulfide) groups is 1. The topological polar surface area (TPSA) is 86.7 Å². The molecule has 130 valence electrons. The third kappa shape index (κ3) is 5.56. The van der Waals surface area contributed by atoms with Crippen molar-refractivity contribution < 1.29 is 19.5 Å². The van der Waals surface area contributed by atoms with Gasteiger partial charge in [0, 0.05) is 18.3 Å². The number of benzene rings is 1. The highest BCUT2D eigenvalue weighted by molar-refractivity contribution is 8.00. The molecular weight excluding hydrogens is 328 g/mol. The van der Waals surface area contributed by atoms with Crippen LogP contribution in [0.25, 0.3) is 0 Å². The summed E-state index contributed by atoms with van der Waals surface area (Å²) in [5.74, 6) is -0.744. The fourth-order valence-corrected chi connectivity index (χ4v) is 3.43. The predicted molar refractivity (Wildman–Crippen MR) is 94.1 cm³/mol. The smallest absolute Gasteiger partial charge is 0.305 e. The van der Waals surface area contributed by atoms with Gasteiger partial charge in [-0.1, -0.05) is 17.7 Å². The van der Waals surface area contributed by atoms with E-state index in [9.17, 15) is 14.4 Å². The summed E-state index contributed by atoms with van der Waals surface area (Å²) in [6, 6.07) is 7.30. The number of nitrogens with one attached hydrogen (secondary N) is 1. The van der Waals surface area contributed by atoms with Crippen molar-refractivity contribution in [3.8, 4) is 0 Å². The van der Waals surface area contributed by atoms with E-state index in [1.165, 1.54) is 11.8 Å². The molecule has 0 aliphatic carbocycles. The van der Waals surface area contributed by atoms with Gasteiger partial charge < -0.3 is 15.3 Å². The number of amides is 2. The number of nitrogens with zero attached hydrogens (tertiary/aromatic N) is 1. The summed E-state index contributed by atoms with van der Waals surface area (Å²) < 4.78 is 0. The lowest BCUT2D eigenvalue weighted by Gasteiger charge is -2.23. The van der Waals surface area contributed by atoms with Crippen LogP contribution in [0.15, 0.2) is 24.3 Å². The van der Waals surface area contributed by atoms with Gasteiger partial charge in [0.25, 0.3) is 0 Å². The minimum Gasteiger partial charge on any atom is -0.481 e. The van der Waals surface area contributed by atoms with Crippen LogP contribution in [0.5, 0.6) is 0 Å². The first-order valence-electron chi connectivity index (χ1n) is 7.91. The Morgan fingerprint density at radius 1 is 1.25 bits per heavy atom. The number of carboxylic acid groups (broad SMARTS) is 1. The molecule has 2 rings (SSSR count). The lowest BCUT2D eigenvalue weighted by molar-refractivity contribution is -0.139. The van der Waals surface area contributed by atoms with E-state index in [1.54, 1.807) is 4.90 Å². The van der Waals surface area contributed by atoms with Gasteiger partial charge in [-0.05, 0) is 31.9 Å². The molecule has 0 saturated carbocycles. The minimum atomic E-state index is -0.884. The van der Waals surface area contributed by atoms with Crippen molar-refractivity contribution in [2.75, 3.05) is 23.4 Å². The van der Waals surface area contributed by atoms with Crippen molar-refractivity contribution in [1.29, 1.82) is 0 Å². The maximum atomic E-state index is 12.2. The zero-order chi connectivity index (χ0) is 17.5. The molecule has 1 atom stereocenters. The third-order valence-electron chi connectivity index (χ3n) is 3.90. The number of aliphatic carboxylic acids is 1. The number of carbonyl (C=O) groups excluding carboxylic acids is 2. The molecule has 0 aromatic heterocycles. The first-order chi connectivity index (χ1) is 11.5. The normalized spacial score (nSPS) is 16.9. The Morgan fingerprint density at radius 3 is 2.62 bits per heavy atom. The molecule has 1 unspecified atom stereocenters. The van der Waals surface area contributed by atoms with E-state index in [1.807, 2.05) is 31.2 Å². The molecule has 1 aliphatic heterocycles. The van der Waals surface area contributed by atoms with Gasteiger partial charge in [0.05, 0.1) is 17.9 Å². The van der Waals surface area contributed by atoms with Crippen LogP contribution >= 0.6 is 11.8 Å². The molecule has 1 aliphatic rings. The van der Waals surface area contributed by atoms with Crippen LogP contribution in [-0.2, 0) is 14.4 Å². The lowest BCUT2D eigenvalue weighted by atomic mass is 10.1. The van der Waals surface area contributed by atoms with Crippen molar-refractivity contribution >= 4 is 35.2 Å². The zero-order valence-electron chi connectivity index (χ0n) is 13.7. The monoisotopic (exact) mass is 350 g/mol. The predicted octanol–water partition coefficient (Wildman–Crippen LogP) is 2.13. The van der Waals surface area contributed by atoms with Crippen molar-refractivity contribution in [1.82, 2.24) is 4.90 Å². The number of carboxylic acids is 1. The molecule has 0 spiro atoms. The molecule has 2 N–H and O–H groups in total. The fraction of sp³-hybridized carbons (Fsp3) is 0.471. The molecule has 1 fully saturated rings. The zero-order valence-corrected chi connectivity index (χ0v) is 14.5. The standard InChI is InChI=1S/C17H22N2O4S/c1-12-4-6-13(7-5-12)18-15(20)10-24-11-16(21)19-8-2-3-14(19)9-17(22)23/h4-7,14H,2-3,8-11H2,1H3,(H,18,20)(H,22,23). The first-order valence-corrected chi connectivity index (χ1v) is 9.06. The number of hydrogen-bond acceptors (Lipinski definition) is 4. The molecule has 1 saturated heterocycles. The van der Waals surface area contributed by atoms with Gasteiger partial charge in [-0.25, -0.2) is 0 Å². The van der Waals surface area contributed by atoms with E-state index >= 15 is 0 Å². The average molecular weight is 350 g/mol. The quantitative estimate of drug-likeness (QED) is 0.787. The molecule has 0 radical (unpaired) electrons. The maximum Gasteiger partial charge on any atom is 0.305 e. The molecule has 1 heterocycles. The van der Waals surface area contributed by atoms with Gasteiger partial charge in [0.15, 0.2) is 0 Å². The molecule has 24 heavy (non-hydrogen) atoms. The van der Waals surface area contributed by atoms with E-state index in [-0.39, 0.29) is 35.8 Å². The maximum absolute atomic E-state index is 12.2. The molecule has 1 aromatic rings. The van der Waals surface area contributed by atoms with Crippen LogP contribution in [0.1, 0.15) is 24.8 Å². The summed E-state index contributed by atoms with van der Waals surface area (Å²) in [4.78, 5) is 36.5. The van der Waals surface area contributed by atoms with Gasteiger partial charge in [0.1, 0.15) is 0 Å². The second-order valence-electron chi connectivity index (χ2n) is 5.89. The Labute approximate surface area is 145 Å². The Kier molecular flexibility index (Phi) is 6.66. The van der Waals surface area contributed by atoms with Gasteiger partial charge in [-0.3, -0.25) is 14.4 Å². The molecule has 6 nitrogen and oxygen atoms in total. The highest BCUT2D eigenvalue weighted by Gasteiger charge is 2.30. The van der Waals surface area contributed by atoms with Gasteiger partial charge in [0.2, 0.25) is 11.8 Å². The Bertz CT molecular complexity index is 603. The summed E-state index contributed by atoms with van der Waals surface area (Å²) in [7, 11) is 0. The second kappa shape index (κ2) is 8.73. The van der Waals surface area contributed by atoms with Crippen LogP contribution in [-0.4, -0.2) is 51.9 Å². The van der Waals surface area contributed by atoms with Crippen molar-refractivity contribution in [2.45, 2.75) is 32.2 Å². The summed E-state index contributed by atoms with van der Waals surface area (Å²) in [5, 5.41) is 11.7. The van der Waals surface area contributed by atoms with Crippen molar-refractivity contribution in [2.24, 2.45) is 0 Å². The number of anilines is 1. The van der Waals surface area contributed by atoms with Crippen LogP contribution in [0.3, 0.4) is 0 Å². The van der Waals surface area contributed by atoms with Crippen LogP contribution in [0.4, 0.5) is 5.69 Å². The number of hydrogen-bond donors (Lipinski definition) is 2. The first kappa shape index (κ1) is 18.3. The number of rotatable bonds is 7. The van der Waals surface area contributed by atoms with Gasteiger partial charge in [-0.2, -0.15) is 0 Å². The van der Waals surface area contributed by atoms with Crippen molar-refractivity contribution in [3.63, 3.8) is 0 Å². The molecule has 2 amide bonds. The summed E-state index contributed by atoms with van der Waals surface area (Å²) in [6.45, 7) is 2.58. The minimum absolute atomic E-state index is 0.00961. The fourth-order valence-electron chi connectivity index (χ4n) is 2.73. The van der Waals surface area contributed by atoms with Gasteiger partial charge in [-0.15, -0.1) is 11.8 Å².